The summed E-state index contributed by atoms with van der Waals surface area (Å²) in [5.74, 6) is -0.102. The minimum absolute atomic E-state index is 0.133. The van der Waals surface area contributed by atoms with Gasteiger partial charge in [-0.2, -0.15) is 13.2 Å². The van der Waals surface area contributed by atoms with Gasteiger partial charge in [0, 0.05) is 19.1 Å². The van der Waals surface area contributed by atoms with E-state index in [-0.39, 0.29) is 41.7 Å². The lowest BCUT2D eigenvalue weighted by Crippen LogP contribution is -2.49. The van der Waals surface area contributed by atoms with Crippen LogP contribution in [0.2, 0.25) is 0 Å². The first-order chi connectivity index (χ1) is 12.3. The van der Waals surface area contributed by atoms with E-state index in [2.05, 4.69) is 5.32 Å². The molecule has 2 heterocycles. The van der Waals surface area contributed by atoms with Crippen LogP contribution in [0.4, 0.5) is 28.4 Å². The molecule has 0 bridgehead atoms. The summed E-state index contributed by atoms with van der Waals surface area (Å²) in [6.07, 6.45) is -3.75. The van der Waals surface area contributed by atoms with E-state index in [1.54, 1.807) is 0 Å². The summed E-state index contributed by atoms with van der Waals surface area (Å²) in [6, 6.07) is 3.88. The normalized spacial score (nSPS) is 19.2. The lowest BCUT2D eigenvalue weighted by molar-refractivity contribution is -0.137. The highest BCUT2D eigenvalue weighted by Crippen LogP contribution is 2.35. The second-order valence-electron chi connectivity index (χ2n) is 6.01. The number of nitrogens with zero attached hydrogens (tertiary/aromatic N) is 2. The number of hydrogen-bond donors (Lipinski definition) is 1. The fraction of sp³-hybridized carbons (Fsp3) is 0.438. The third kappa shape index (κ3) is 3.79. The highest BCUT2D eigenvalue weighted by Gasteiger charge is 2.38. The number of halogens is 3. The number of urea groups is 1. The number of nitrogens with one attached hydrogen (secondary N) is 1. The Morgan fingerprint density at radius 2 is 1.81 bits per heavy atom. The fourth-order valence-electron chi connectivity index (χ4n) is 3.08. The van der Waals surface area contributed by atoms with Crippen molar-refractivity contribution in [3.63, 3.8) is 0 Å². The molecule has 0 aromatic heterocycles. The molecule has 0 atom stereocenters. The van der Waals surface area contributed by atoms with Crippen molar-refractivity contribution in [1.82, 2.24) is 9.80 Å². The van der Waals surface area contributed by atoms with E-state index in [1.807, 2.05) is 0 Å². The van der Waals surface area contributed by atoms with Gasteiger partial charge in [-0.25, -0.2) is 4.79 Å². The number of alkyl halides is 3. The van der Waals surface area contributed by atoms with Crippen LogP contribution in [0.3, 0.4) is 0 Å². The van der Waals surface area contributed by atoms with Gasteiger partial charge in [0.15, 0.2) is 0 Å². The molecule has 4 amide bonds. The summed E-state index contributed by atoms with van der Waals surface area (Å²) in [4.78, 5) is 38.4. The lowest BCUT2D eigenvalue weighted by Gasteiger charge is -2.35. The van der Waals surface area contributed by atoms with Crippen molar-refractivity contribution in [2.75, 3.05) is 24.2 Å². The zero-order chi connectivity index (χ0) is 18.9. The van der Waals surface area contributed by atoms with Gasteiger partial charge in [0.05, 0.1) is 17.0 Å². The number of piperidine rings is 1. The van der Waals surface area contributed by atoms with Gasteiger partial charge in [-0.3, -0.25) is 14.5 Å². The summed E-state index contributed by atoms with van der Waals surface area (Å²) in [5.41, 5.74) is -1.21. The molecule has 0 radical (unpaired) electrons. The molecule has 2 fully saturated rings. The van der Waals surface area contributed by atoms with Crippen molar-refractivity contribution in [1.29, 1.82) is 0 Å². The molecule has 6 nitrogen and oxygen atoms in total. The van der Waals surface area contributed by atoms with E-state index < -0.39 is 17.8 Å². The molecule has 1 aromatic carbocycles. The first-order valence-electron chi connectivity index (χ1n) is 7.98. The molecule has 0 spiro atoms. The Balaban J connectivity index is 1.61. The zero-order valence-corrected chi connectivity index (χ0v) is 14.4. The average Bonchev–Trinajstić information content (AvgIpc) is 2.93. The molecule has 140 valence electrons. The number of anilines is 1. The number of rotatable bonds is 2. The highest BCUT2D eigenvalue weighted by molar-refractivity contribution is 8.14. The SMILES string of the molecule is O=C(Nc1ccccc1C(F)(F)F)N1CCC(N2C(=O)CSC2=O)CC1. The van der Waals surface area contributed by atoms with Crippen LogP contribution in [0.1, 0.15) is 18.4 Å². The first kappa shape index (κ1) is 18.6. The minimum atomic E-state index is -4.56. The Hall–Kier alpha value is -2.23. The van der Waals surface area contributed by atoms with Gasteiger partial charge in [0.1, 0.15) is 0 Å². The Bertz CT molecular complexity index is 717. The zero-order valence-electron chi connectivity index (χ0n) is 13.6. The largest absolute Gasteiger partial charge is 0.418 e. The number of likely N-dealkylation sites (tertiary alicyclic amines) is 1. The molecule has 0 aliphatic carbocycles. The number of amides is 4. The van der Waals surface area contributed by atoms with Crippen LogP contribution >= 0.6 is 11.8 Å². The monoisotopic (exact) mass is 387 g/mol. The molecule has 2 aliphatic heterocycles. The van der Waals surface area contributed by atoms with Crippen molar-refractivity contribution in [2.24, 2.45) is 0 Å². The highest BCUT2D eigenvalue weighted by atomic mass is 32.2. The van der Waals surface area contributed by atoms with Gasteiger partial charge in [0.25, 0.3) is 5.24 Å². The Kier molecular flexibility index (Phi) is 5.12. The van der Waals surface area contributed by atoms with E-state index in [4.69, 9.17) is 0 Å². The molecule has 1 aromatic rings. The summed E-state index contributed by atoms with van der Waals surface area (Å²) in [6.45, 7) is 0.513. The molecule has 26 heavy (non-hydrogen) atoms. The molecule has 0 unspecified atom stereocenters. The van der Waals surface area contributed by atoms with E-state index in [9.17, 15) is 27.6 Å². The van der Waals surface area contributed by atoms with Crippen LogP contribution in [0.25, 0.3) is 0 Å². The number of carbonyl (C=O) groups is 3. The van der Waals surface area contributed by atoms with Crippen LogP contribution in [-0.4, -0.2) is 51.9 Å². The molecule has 2 aliphatic rings. The first-order valence-corrected chi connectivity index (χ1v) is 8.97. The second kappa shape index (κ2) is 7.18. The number of carbonyl (C=O) groups excluding carboxylic acids is 3. The van der Waals surface area contributed by atoms with E-state index in [0.717, 1.165) is 17.8 Å². The van der Waals surface area contributed by atoms with Crippen molar-refractivity contribution in [2.45, 2.75) is 25.1 Å². The molecule has 1 N–H and O–H groups in total. The summed E-state index contributed by atoms with van der Waals surface area (Å²) in [7, 11) is 0. The average molecular weight is 387 g/mol. The van der Waals surface area contributed by atoms with Crippen LogP contribution in [0, 0.1) is 0 Å². The third-order valence-electron chi connectivity index (χ3n) is 4.38. The van der Waals surface area contributed by atoms with Gasteiger partial charge in [-0.05, 0) is 25.0 Å². The summed E-state index contributed by atoms with van der Waals surface area (Å²) >= 11 is 0.958. The van der Waals surface area contributed by atoms with Gasteiger partial charge >= 0.3 is 12.2 Å². The van der Waals surface area contributed by atoms with Crippen LogP contribution < -0.4 is 5.32 Å². The van der Waals surface area contributed by atoms with Crippen LogP contribution in [0.15, 0.2) is 24.3 Å². The van der Waals surface area contributed by atoms with Gasteiger partial charge in [-0.15, -0.1) is 0 Å². The summed E-state index contributed by atoms with van der Waals surface area (Å²) in [5, 5.41) is 2.02. The topological polar surface area (TPSA) is 69.7 Å². The molecule has 3 rings (SSSR count). The number of hydrogen-bond acceptors (Lipinski definition) is 4. The number of para-hydroxylation sites is 1. The third-order valence-corrected chi connectivity index (χ3v) is 5.21. The van der Waals surface area contributed by atoms with E-state index >= 15 is 0 Å². The van der Waals surface area contributed by atoms with Crippen molar-refractivity contribution in [3.05, 3.63) is 29.8 Å². The Labute approximate surface area is 151 Å². The summed E-state index contributed by atoms with van der Waals surface area (Å²) < 4.78 is 39.0. The molecule has 2 saturated heterocycles. The Morgan fingerprint density at radius 1 is 1.15 bits per heavy atom. The number of imide groups is 1. The van der Waals surface area contributed by atoms with Crippen molar-refractivity contribution in [3.8, 4) is 0 Å². The number of thioether (sulfide) groups is 1. The standard InChI is InChI=1S/C16H16F3N3O3S/c17-16(18,19)11-3-1-2-4-12(11)20-14(24)21-7-5-10(6-8-21)22-13(23)9-26-15(22)25/h1-4,10H,5-9H2,(H,20,24). The number of benzene rings is 1. The Morgan fingerprint density at radius 3 is 2.38 bits per heavy atom. The predicted octanol–water partition coefficient (Wildman–Crippen LogP) is 3.40. The maximum atomic E-state index is 13.0. The molecular formula is C16H16F3N3O3S. The van der Waals surface area contributed by atoms with E-state index in [0.29, 0.717) is 12.8 Å². The maximum Gasteiger partial charge on any atom is 0.418 e. The maximum absolute atomic E-state index is 13.0. The van der Waals surface area contributed by atoms with Crippen LogP contribution in [-0.2, 0) is 11.0 Å². The molecular weight excluding hydrogens is 371 g/mol. The quantitative estimate of drug-likeness (QED) is 0.845. The van der Waals surface area contributed by atoms with E-state index in [1.165, 1.54) is 28.0 Å². The molecule has 10 heteroatoms. The lowest BCUT2D eigenvalue weighted by atomic mass is 10.0. The predicted molar refractivity (Wildman–Crippen MR) is 89.8 cm³/mol. The fourth-order valence-corrected chi connectivity index (χ4v) is 3.85. The van der Waals surface area contributed by atoms with Gasteiger partial charge in [0.2, 0.25) is 5.91 Å². The van der Waals surface area contributed by atoms with Crippen LogP contribution in [0.5, 0.6) is 0 Å². The van der Waals surface area contributed by atoms with Crippen molar-refractivity contribution < 1.29 is 27.6 Å². The van der Waals surface area contributed by atoms with Crippen molar-refractivity contribution >= 4 is 34.6 Å². The smallest absolute Gasteiger partial charge is 0.324 e. The van der Waals surface area contributed by atoms with Gasteiger partial charge < -0.3 is 10.2 Å². The minimum Gasteiger partial charge on any atom is -0.324 e. The van der Waals surface area contributed by atoms with Gasteiger partial charge in [-0.1, -0.05) is 23.9 Å². The molecule has 0 saturated carbocycles. The second-order valence-corrected chi connectivity index (χ2v) is 6.94.